The molecule has 0 saturated heterocycles. The van der Waals surface area contributed by atoms with Gasteiger partial charge >= 0.3 is 5.97 Å². The Balaban J connectivity index is 5.47. The molecule has 0 spiro atoms. The third-order valence-corrected chi connectivity index (χ3v) is 4.28. The SMILES string of the molecule is CC(N)C(=O)NC(C(=O)NC(CCCN=C(N)N)C(=O)NC(C(=O)O)C(C)C)C(C)O. The molecular formula is C18H35N7O6. The number of guanidine groups is 1. The van der Waals surface area contributed by atoms with E-state index in [9.17, 15) is 29.4 Å². The van der Waals surface area contributed by atoms with Gasteiger partial charge in [0.1, 0.15) is 18.1 Å². The first-order valence-corrected chi connectivity index (χ1v) is 9.90. The molecule has 0 aromatic carbocycles. The second kappa shape index (κ2) is 13.4. The van der Waals surface area contributed by atoms with E-state index < -0.39 is 59.9 Å². The van der Waals surface area contributed by atoms with Crippen molar-refractivity contribution in [2.75, 3.05) is 6.54 Å². The number of nitrogens with zero attached hydrogens (tertiary/aromatic N) is 1. The van der Waals surface area contributed by atoms with Gasteiger partial charge < -0.3 is 43.4 Å². The van der Waals surface area contributed by atoms with Crippen LogP contribution in [0.1, 0.15) is 40.5 Å². The summed E-state index contributed by atoms with van der Waals surface area (Å²) >= 11 is 0. The number of nitrogens with two attached hydrogens (primary N) is 3. The Morgan fingerprint density at radius 1 is 0.903 bits per heavy atom. The van der Waals surface area contributed by atoms with Gasteiger partial charge in [0.2, 0.25) is 17.7 Å². The Hall–Kier alpha value is -2.93. The van der Waals surface area contributed by atoms with Crippen molar-refractivity contribution in [3.05, 3.63) is 0 Å². The summed E-state index contributed by atoms with van der Waals surface area (Å²) in [6, 6.07) is -4.62. The van der Waals surface area contributed by atoms with Crippen molar-refractivity contribution in [1.82, 2.24) is 16.0 Å². The lowest BCUT2D eigenvalue weighted by molar-refractivity contribution is -0.143. The maximum absolute atomic E-state index is 12.7. The molecule has 5 unspecified atom stereocenters. The van der Waals surface area contributed by atoms with Gasteiger partial charge in [-0.15, -0.1) is 0 Å². The summed E-state index contributed by atoms with van der Waals surface area (Å²) in [5.74, 6) is -4.00. The molecule has 0 aliphatic carbocycles. The zero-order valence-electron chi connectivity index (χ0n) is 18.3. The van der Waals surface area contributed by atoms with Crippen molar-refractivity contribution in [3.63, 3.8) is 0 Å². The van der Waals surface area contributed by atoms with Gasteiger partial charge in [0, 0.05) is 6.54 Å². The standard InChI is InChI=1S/C18H35N7O6/c1-8(2)12(17(30)31)24-15(28)11(6-5-7-22-18(20)21)23-16(29)13(10(4)26)25-14(27)9(3)19/h8-13,26H,5-7,19H2,1-4H3,(H,23,29)(H,24,28)(H,25,27)(H,30,31)(H4,20,21,22). The smallest absolute Gasteiger partial charge is 0.326 e. The quantitative estimate of drug-likeness (QED) is 0.0815. The Bertz CT molecular complexity index is 662. The number of carboxylic acids is 1. The summed E-state index contributed by atoms with van der Waals surface area (Å²) in [6.07, 6.45) is -0.913. The molecule has 0 aliphatic heterocycles. The van der Waals surface area contributed by atoms with E-state index in [2.05, 4.69) is 20.9 Å². The highest BCUT2D eigenvalue weighted by Crippen LogP contribution is 2.06. The molecule has 31 heavy (non-hydrogen) atoms. The normalized spacial score (nSPS) is 15.7. The number of carboxylic acid groups (broad SMARTS) is 1. The number of aliphatic carboxylic acids is 1. The molecule has 5 atom stereocenters. The van der Waals surface area contributed by atoms with Gasteiger partial charge in [0.25, 0.3) is 0 Å². The maximum atomic E-state index is 12.7. The average Bonchev–Trinajstić information content (AvgIpc) is 2.64. The summed E-state index contributed by atoms with van der Waals surface area (Å²) in [5.41, 5.74) is 16.0. The van der Waals surface area contributed by atoms with Crippen LogP contribution in [0.25, 0.3) is 0 Å². The number of carbonyl (C=O) groups is 4. The van der Waals surface area contributed by atoms with E-state index in [1.54, 1.807) is 13.8 Å². The zero-order chi connectivity index (χ0) is 24.3. The maximum Gasteiger partial charge on any atom is 0.326 e. The fraction of sp³-hybridized carbons (Fsp3) is 0.722. The van der Waals surface area contributed by atoms with Crippen LogP contribution >= 0.6 is 0 Å². The summed E-state index contributed by atoms with van der Waals surface area (Å²) in [7, 11) is 0. The van der Waals surface area contributed by atoms with E-state index >= 15 is 0 Å². The lowest BCUT2D eigenvalue weighted by Gasteiger charge is -2.26. The first-order valence-electron chi connectivity index (χ1n) is 9.90. The number of hydrogen-bond donors (Lipinski definition) is 8. The molecule has 178 valence electrons. The van der Waals surface area contributed by atoms with Crippen LogP contribution in [0.5, 0.6) is 0 Å². The Kier molecular flexibility index (Phi) is 12.1. The molecule has 13 nitrogen and oxygen atoms in total. The molecule has 0 rings (SSSR count). The molecule has 11 N–H and O–H groups in total. The number of aliphatic hydroxyl groups excluding tert-OH is 1. The Morgan fingerprint density at radius 3 is 1.87 bits per heavy atom. The monoisotopic (exact) mass is 445 g/mol. The van der Waals surface area contributed by atoms with Crippen LogP contribution in [0.4, 0.5) is 0 Å². The van der Waals surface area contributed by atoms with Gasteiger partial charge in [-0.25, -0.2) is 4.79 Å². The van der Waals surface area contributed by atoms with Crippen LogP contribution in [0, 0.1) is 5.92 Å². The minimum atomic E-state index is -1.37. The van der Waals surface area contributed by atoms with Crippen LogP contribution < -0.4 is 33.2 Å². The van der Waals surface area contributed by atoms with E-state index in [1.807, 2.05) is 0 Å². The summed E-state index contributed by atoms with van der Waals surface area (Å²) in [4.78, 5) is 52.4. The highest BCUT2D eigenvalue weighted by atomic mass is 16.4. The second-order valence-corrected chi connectivity index (χ2v) is 7.59. The molecular weight excluding hydrogens is 410 g/mol. The van der Waals surface area contributed by atoms with Crippen LogP contribution in [-0.2, 0) is 19.2 Å². The van der Waals surface area contributed by atoms with E-state index in [4.69, 9.17) is 17.2 Å². The molecule has 0 saturated carbocycles. The Labute approximate surface area is 181 Å². The van der Waals surface area contributed by atoms with Crippen molar-refractivity contribution in [1.29, 1.82) is 0 Å². The Morgan fingerprint density at radius 2 is 1.45 bits per heavy atom. The molecule has 13 heteroatoms. The first kappa shape index (κ1) is 28.1. The number of rotatable bonds is 13. The van der Waals surface area contributed by atoms with Crippen LogP contribution in [0.15, 0.2) is 4.99 Å². The minimum absolute atomic E-state index is 0.0759. The van der Waals surface area contributed by atoms with Gasteiger partial charge in [0.05, 0.1) is 12.1 Å². The number of carbonyl (C=O) groups excluding carboxylic acids is 3. The topological polar surface area (TPSA) is 235 Å². The molecule has 0 aromatic rings. The molecule has 0 aromatic heterocycles. The van der Waals surface area contributed by atoms with Gasteiger partial charge in [-0.05, 0) is 32.6 Å². The van der Waals surface area contributed by atoms with Crippen LogP contribution in [0.2, 0.25) is 0 Å². The van der Waals surface area contributed by atoms with Gasteiger partial charge in [-0.1, -0.05) is 13.8 Å². The number of aliphatic imine (C=N–C) groups is 1. The van der Waals surface area contributed by atoms with E-state index in [-0.39, 0.29) is 18.9 Å². The molecule has 0 heterocycles. The predicted octanol–water partition coefficient (Wildman–Crippen LogP) is -3.04. The number of hydrogen-bond acceptors (Lipinski definition) is 7. The lowest BCUT2D eigenvalue weighted by atomic mass is 10.0. The van der Waals surface area contributed by atoms with Gasteiger partial charge in [-0.3, -0.25) is 19.4 Å². The summed E-state index contributed by atoms with van der Waals surface area (Å²) < 4.78 is 0. The number of aliphatic hydroxyl groups is 1. The zero-order valence-corrected chi connectivity index (χ0v) is 18.3. The second-order valence-electron chi connectivity index (χ2n) is 7.59. The highest BCUT2D eigenvalue weighted by Gasteiger charge is 2.32. The largest absolute Gasteiger partial charge is 0.480 e. The van der Waals surface area contributed by atoms with Crippen molar-refractivity contribution < 1.29 is 29.4 Å². The number of amides is 3. The first-order chi connectivity index (χ1) is 14.3. The molecule has 0 bridgehead atoms. The summed E-state index contributed by atoms with van der Waals surface area (Å²) in [6.45, 7) is 6.12. The average molecular weight is 446 g/mol. The molecule has 0 radical (unpaired) electrons. The third-order valence-electron chi connectivity index (χ3n) is 4.28. The minimum Gasteiger partial charge on any atom is -0.480 e. The molecule has 0 fully saturated rings. The lowest BCUT2D eigenvalue weighted by Crippen LogP contribution is -2.59. The third kappa shape index (κ3) is 10.6. The summed E-state index contributed by atoms with van der Waals surface area (Å²) in [5, 5.41) is 26.3. The van der Waals surface area contributed by atoms with Gasteiger partial charge in [-0.2, -0.15) is 0 Å². The van der Waals surface area contributed by atoms with Crippen molar-refractivity contribution in [3.8, 4) is 0 Å². The highest BCUT2D eigenvalue weighted by molar-refractivity contribution is 5.94. The van der Waals surface area contributed by atoms with Crippen molar-refractivity contribution in [2.24, 2.45) is 28.1 Å². The van der Waals surface area contributed by atoms with Crippen LogP contribution in [0.3, 0.4) is 0 Å². The van der Waals surface area contributed by atoms with Crippen molar-refractivity contribution >= 4 is 29.7 Å². The van der Waals surface area contributed by atoms with Gasteiger partial charge in [0.15, 0.2) is 5.96 Å². The number of nitrogens with one attached hydrogen (secondary N) is 3. The van der Waals surface area contributed by atoms with E-state index in [0.717, 1.165) is 0 Å². The predicted molar refractivity (Wildman–Crippen MR) is 114 cm³/mol. The van der Waals surface area contributed by atoms with Crippen LogP contribution in [-0.4, -0.2) is 76.7 Å². The van der Waals surface area contributed by atoms with E-state index in [1.165, 1.54) is 13.8 Å². The molecule has 3 amide bonds. The molecule has 0 aliphatic rings. The fourth-order valence-corrected chi connectivity index (χ4v) is 2.49. The fourth-order valence-electron chi connectivity index (χ4n) is 2.49. The van der Waals surface area contributed by atoms with Crippen molar-refractivity contribution in [2.45, 2.75) is 70.8 Å². The van der Waals surface area contributed by atoms with E-state index in [0.29, 0.717) is 6.42 Å².